The molecule has 0 spiro atoms. The third-order valence-electron chi connectivity index (χ3n) is 5.04. The highest BCUT2D eigenvalue weighted by Crippen LogP contribution is 2.25. The van der Waals surface area contributed by atoms with Gasteiger partial charge in [0.2, 0.25) is 5.13 Å². The van der Waals surface area contributed by atoms with Gasteiger partial charge in [-0.25, -0.2) is 14.6 Å². The minimum Gasteiger partial charge on any atom is -0.290 e. The van der Waals surface area contributed by atoms with Gasteiger partial charge in [-0.3, -0.25) is 9.99 Å². The van der Waals surface area contributed by atoms with Crippen LogP contribution in [0.5, 0.6) is 0 Å². The number of hydrogen-bond donors (Lipinski definition) is 1. The fraction of sp³-hybridized carbons (Fsp3) is 0.0833. The van der Waals surface area contributed by atoms with Gasteiger partial charge in [-0.1, -0.05) is 48.0 Å². The highest BCUT2D eigenvalue weighted by molar-refractivity contribution is 7.14. The number of rotatable bonds is 6. The number of nitrogens with one attached hydrogen (secondary N) is 1. The molecule has 0 atom stereocenters. The molecule has 0 saturated carbocycles. The number of thiazole rings is 1. The molecule has 0 fully saturated rings. The lowest BCUT2D eigenvalue weighted by atomic mass is 10.1. The number of hydrogen-bond acceptors (Lipinski definition) is 6. The third kappa shape index (κ3) is 3.95. The van der Waals surface area contributed by atoms with E-state index in [0.29, 0.717) is 0 Å². The Morgan fingerprint density at radius 2 is 1.84 bits per heavy atom. The molecule has 0 aliphatic rings. The molecule has 8 heteroatoms. The lowest BCUT2D eigenvalue weighted by Gasteiger charge is -2.08. The van der Waals surface area contributed by atoms with Gasteiger partial charge in [0.25, 0.3) is 0 Å². The number of anilines is 1. The Labute approximate surface area is 189 Å². The summed E-state index contributed by atoms with van der Waals surface area (Å²) in [6, 6.07) is 18.4. The van der Waals surface area contributed by atoms with Gasteiger partial charge in [0.15, 0.2) is 5.82 Å². The second-order valence-corrected chi connectivity index (χ2v) is 8.17. The van der Waals surface area contributed by atoms with Crippen LogP contribution in [0.3, 0.4) is 0 Å². The van der Waals surface area contributed by atoms with E-state index < -0.39 is 0 Å². The molecule has 5 rings (SSSR count). The van der Waals surface area contributed by atoms with Gasteiger partial charge in [-0.2, -0.15) is 10.2 Å². The molecule has 0 bridgehead atoms. The molecule has 158 valence electrons. The zero-order valence-electron chi connectivity index (χ0n) is 17.7. The third-order valence-corrected chi connectivity index (χ3v) is 5.78. The molecule has 32 heavy (non-hydrogen) atoms. The summed E-state index contributed by atoms with van der Waals surface area (Å²) in [5.41, 5.74) is 9.04. The van der Waals surface area contributed by atoms with Gasteiger partial charge in [0.1, 0.15) is 6.33 Å². The topological polar surface area (TPSA) is 72.9 Å². The second kappa shape index (κ2) is 8.60. The maximum Gasteiger partial charge on any atom is 0.203 e. The van der Waals surface area contributed by atoms with Crippen LogP contribution in [-0.4, -0.2) is 30.5 Å². The maximum atomic E-state index is 4.75. The number of hydrazone groups is 1. The fourth-order valence-corrected chi connectivity index (χ4v) is 4.06. The first-order chi connectivity index (χ1) is 15.7. The quantitative estimate of drug-likeness (QED) is 0.290. The zero-order chi connectivity index (χ0) is 21.9. The van der Waals surface area contributed by atoms with Crippen LogP contribution in [0.15, 0.2) is 83.8 Å². The molecule has 1 N–H and O–H groups in total. The summed E-state index contributed by atoms with van der Waals surface area (Å²) < 4.78 is 3.84. The standard InChI is InChI=1S/C24H21N7S/c1-17-8-10-19(11-9-17)22-15-32-24(27-22)28-26-14-21-18(2)29-31(20-6-4-3-5-7-20)23(21)30-13-12-25-16-30/h3-16H,1-2H3,(H,27,28)/b26-14+. The monoisotopic (exact) mass is 439 g/mol. The van der Waals surface area contributed by atoms with Crippen molar-refractivity contribution in [3.63, 3.8) is 0 Å². The van der Waals surface area contributed by atoms with Crippen LogP contribution in [0.4, 0.5) is 5.13 Å². The van der Waals surface area contributed by atoms with E-state index in [-0.39, 0.29) is 0 Å². The molecule has 7 nitrogen and oxygen atoms in total. The maximum absolute atomic E-state index is 4.75. The summed E-state index contributed by atoms with van der Waals surface area (Å²) >= 11 is 1.52. The first kappa shape index (κ1) is 19.9. The highest BCUT2D eigenvalue weighted by Gasteiger charge is 2.17. The van der Waals surface area contributed by atoms with Crippen LogP contribution < -0.4 is 5.43 Å². The average molecular weight is 440 g/mol. The Morgan fingerprint density at radius 3 is 2.59 bits per heavy atom. The summed E-state index contributed by atoms with van der Waals surface area (Å²) in [6.07, 6.45) is 7.19. The van der Waals surface area contributed by atoms with Gasteiger partial charge in [-0.05, 0) is 26.0 Å². The van der Waals surface area contributed by atoms with Crippen LogP contribution in [0, 0.1) is 13.8 Å². The first-order valence-corrected chi connectivity index (χ1v) is 11.0. The number of imidazole rings is 1. The summed E-state index contributed by atoms with van der Waals surface area (Å²) in [5.74, 6) is 0.872. The van der Waals surface area contributed by atoms with Gasteiger partial charge < -0.3 is 0 Å². The zero-order valence-corrected chi connectivity index (χ0v) is 18.5. The van der Waals surface area contributed by atoms with E-state index in [1.165, 1.54) is 16.9 Å². The molecule has 0 unspecified atom stereocenters. The predicted molar refractivity (Wildman–Crippen MR) is 129 cm³/mol. The largest absolute Gasteiger partial charge is 0.290 e. The van der Waals surface area contributed by atoms with Crippen molar-refractivity contribution in [2.45, 2.75) is 13.8 Å². The molecular weight excluding hydrogens is 418 g/mol. The number of benzene rings is 2. The molecule has 0 radical (unpaired) electrons. The van der Waals surface area contributed by atoms with Crippen LogP contribution >= 0.6 is 11.3 Å². The van der Waals surface area contributed by atoms with Crippen LogP contribution in [0.2, 0.25) is 0 Å². The number of nitrogens with zero attached hydrogens (tertiary/aromatic N) is 6. The molecule has 5 aromatic rings. The van der Waals surface area contributed by atoms with Crippen molar-refractivity contribution in [2.24, 2.45) is 5.10 Å². The minimum atomic E-state index is 0.731. The number of aryl methyl sites for hydroxylation is 2. The van der Waals surface area contributed by atoms with Gasteiger partial charge >= 0.3 is 0 Å². The van der Waals surface area contributed by atoms with Crippen molar-refractivity contribution < 1.29 is 0 Å². The predicted octanol–water partition coefficient (Wildman–Crippen LogP) is 5.24. The smallest absolute Gasteiger partial charge is 0.203 e. The van der Waals surface area contributed by atoms with Gasteiger partial charge in [0.05, 0.1) is 28.9 Å². The van der Waals surface area contributed by atoms with E-state index in [4.69, 9.17) is 5.10 Å². The lowest BCUT2D eigenvalue weighted by Crippen LogP contribution is -2.06. The van der Waals surface area contributed by atoms with Crippen molar-refractivity contribution in [2.75, 3.05) is 5.43 Å². The van der Waals surface area contributed by atoms with Crippen LogP contribution in [0.1, 0.15) is 16.8 Å². The number of aromatic nitrogens is 5. The van der Waals surface area contributed by atoms with Crippen LogP contribution in [0.25, 0.3) is 22.8 Å². The lowest BCUT2D eigenvalue weighted by molar-refractivity contribution is 0.811. The van der Waals surface area contributed by atoms with Gasteiger partial charge in [-0.15, -0.1) is 11.3 Å². The Balaban J connectivity index is 1.43. The van der Waals surface area contributed by atoms with Crippen LogP contribution in [-0.2, 0) is 0 Å². The van der Waals surface area contributed by atoms with Gasteiger partial charge in [0, 0.05) is 23.3 Å². The summed E-state index contributed by atoms with van der Waals surface area (Å²) in [6.45, 7) is 4.05. The Bertz CT molecular complexity index is 1350. The summed E-state index contributed by atoms with van der Waals surface area (Å²) in [5, 5.41) is 12.0. The average Bonchev–Trinajstić information content (AvgIpc) is 3.56. The fourth-order valence-electron chi connectivity index (χ4n) is 3.39. The van der Waals surface area contributed by atoms with Crippen molar-refractivity contribution in [3.05, 3.63) is 95.5 Å². The van der Waals surface area contributed by atoms with Crippen molar-refractivity contribution in [3.8, 4) is 22.8 Å². The molecule has 0 aliphatic carbocycles. The molecular formula is C24H21N7S. The van der Waals surface area contributed by atoms with E-state index in [9.17, 15) is 0 Å². The Hall–Kier alpha value is -4.04. The van der Waals surface area contributed by atoms with E-state index >= 15 is 0 Å². The summed E-state index contributed by atoms with van der Waals surface area (Å²) in [7, 11) is 0. The molecule has 0 aliphatic heterocycles. The Kier molecular flexibility index (Phi) is 5.35. The minimum absolute atomic E-state index is 0.731. The molecule has 0 amide bonds. The molecule has 3 heterocycles. The summed E-state index contributed by atoms with van der Waals surface area (Å²) in [4.78, 5) is 8.85. The van der Waals surface area contributed by atoms with E-state index in [1.54, 1.807) is 18.7 Å². The van der Waals surface area contributed by atoms with E-state index in [0.717, 1.165) is 39.2 Å². The Morgan fingerprint density at radius 1 is 1.03 bits per heavy atom. The normalized spacial score (nSPS) is 11.3. The van der Waals surface area contributed by atoms with Crippen molar-refractivity contribution >= 4 is 22.7 Å². The van der Waals surface area contributed by atoms with E-state index in [1.807, 2.05) is 58.1 Å². The highest BCUT2D eigenvalue weighted by atomic mass is 32.1. The van der Waals surface area contributed by atoms with E-state index in [2.05, 4.69) is 51.7 Å². The molecule has 3 aromatic heterocycles. The SMILES string of the molecule is Cc1ccc(-c2csc(N/N=C/c3c(C)nn(-c4ccccc4)c3-n3ccnc3)n2)cc1. The first-order valence-electron chi connectivity index (χ1n) is 10.1. The van der Waals surface area contributed by atoms with Crippen molar-refractivity contribution in [1.82, 2.24) is 24.3 Å². The molecule has 2 aromatic carbocycles. The second-order valence-electron chi connectivity index (χ2n) is 7.31. The van der Waals surface area contributed by atoms with Crippen molar-refractivity contribution in [1.29, 1.82) is 0 Å². The molecule has 0 saturated heterocycles. The number of para-hydroxylation sites is 1.